The Hall–Kier alpha value is -3.01. The molecule has 2 heterocycles. The van der Waals surface area contributed by atoms with Gasteiger partial charge in [-0.25, -0.2) is 4.39 Å². The molecule has 1 aliphatic heterocycles. The van der Waals surface area contributed by atoms with Crippen molar-refractivity contribution in [1.29, 1.82) is 0 Å². The van der Waals surface area contributed by atoms with Crippen LogP contribution in [0.2, 0.25) is 0 Å². The van der Waals surface area contributed by atoms with Crippen LogP contribution < -0.4 is 0 Å². The highest BCUT2D eigenvalue weighted by Crippen LogP contribution is 2.36. The zero-order chi connectivity index (χ0) is 24.1. The predicted octanol–water partition coefficient (Wildman–Crippen LogP) is 2.51. The van der Waals surface area contributed by atoms with Gasteiger partial charge >= 0.3 is 0 Å². The molecule has 0 aliphatic carbocycles. The monoisotopic (exact) mass is 467 g/mol. The van der Waals surface area contributed by atoms with Crippen molar-refractivity contribution in [3.63, 3.8) is 0 Å². The molecule has 5 rings (SSSR count). The first-order valence-electron chi connectivity index (χ1n) is 11.1. The van der Waals surface area contributed by atoms with E-state index >= 15 is 4.39 Å². The lowest BCUT2D eigenvalue weighted by Gasteiger charge is -2.40. The van der Waals surface area contributed by atoms with Crippen LogP contribution in [0.25, 0.3) is 21.7 Å². The molecule has 0 amide bonds. The van der Waals surface area contributed by atoms with E-state index in [2.05, 4.69) is 0 Å². The lowest BCUT2D eigenvalue weighted by molar-refractivity contribution is -0.250. The smallest absolute Gasteiger partial charge is 0.163 e. The molecule has 0 unspecified atom stereocenters. The highest BCUT2D eigenvalue weighted by Gasteiger charge is 2.44. The van der Waals surface area contributed by atoms with Crippen LogP contribution in [-0.4, -0.2) is 61.1 Å². The van der Waals surface area contributed by atoms with Crippen molar-refractivity contribution >= 4 is 21.7 Å². The van der Waals surface area contributed by atoms with Crippen molar-refractivity contribution in [2.45, 2.75) is 44.0 Å². The first-order chi connectivity index (χ1) is 16.3. The van der Waals surface area contributed by atoms with Crippen LogP contribution in [0.15, 0.2) is 54.7 Å². The van der Waals surface area contributed by atoms with E-state index in [1.807, 2.05) is 31.2 Å². The topological polar surface area (TPSA) is 115 Å². The quantitative estimate of drug-likeness (QED) is 0.315. The van der Waals surface area contributed by atoms with Gasteiger partial charge in [0.2, 0.25) is 0 Å². The number of ether oxygens (including phenoxy) is 1. The van der Waals surface area contributed by atoms with Crippen LogP contribution >= 0.6 is 0 Å². The maximum atomic E-state index is 15.1. The SMILES string of the molecule is Cc1ccc(F)c2c(Cc3ccc4cc(O)ccc4c3)cn([C@@H]3O[C@H](CO)[C@@H](O)[C@H](O)[C@H]3O)c12. The number of aryl methyl sites for hydroxylation is 1. The Morgan fingerprint density at radius 3 is 2.44 bits per heavy atom. The van der Waals surface area contributed by atoms with Gasteiger partial charge in [-0.1, -0.05) is 30.3 Å². The minimum absolute atomic E-state index is 0.181. The second-order valence-electron chi connectivity index (χ2n) is 8.91. The summed E-state index contributed by atoms with van der Waals surface area (Å²) in [5, 5.41) is 52.6. The van der Waals surface area contributed by atoms with Gasteiger partial charge in [0.05, 0.1) is 12.1 Å². The number of rotatable bonds is 4. The van der Waals surface area contributed by atoms with Gasteiger partial charge in [0, 0.05) is 11.6 Å². The molecule has 3 aromatic carbocycles. The first-order valence-corrected chi connectivity index (χ1v) is 11.1. The predicted molar refractivity (Wildman–Crippen MR) is 124 cm³/mol. The summed E-state index contributed by atoms with van der Waals surface area (Å²) in [6.45, 7) is 1.27. The third-order valence-corrected chi connectivity index (χ3v) is 6.63. The number of benzene rings is 3. The molecule has 0 saturated carbocycles. The number of phenolic OH excluding ortho intramolecular Hbond substituents is 1. The Kier molecular flexibility index (Phi) is 5.79. The zero-order valence-corrected chi connectivity index (χ0v) is 18.5. The molecule has 4 aromatic rings. The van der Waals surface area contributed by atoms with E-state index < -0.39 is 43.1 Å². The van der Waals surface area contributed by atoms with Crippen LogP contribution in [-0.2, 0) is 11.2 Å². The fraction of sp³-hybridized carbons (Fsp3) is 0.308. The normalized spacial score (nSPS) is 25.3. The average molecular weight is 467 g/mol. The zero-order valence-electron chi connectivity index (χ0n) is 18.5. The van der Waals surface area contributed by atoms with Crippen molar-refractivity contribution in [3.05, 3.63) is 77.2 Å². The minimum Gasteiger partial charge on any atom is -0.508 e. The van der Waals surface area contributed by atoms with Crippen LogP contribution in [0.4, 0.5) is 4.39 Å². The Labute approximate surface area is 194 Å². The molecule has 178 valence electrons. The number of aromatic nitrogens is 1. The Bertz CT molecular complexity index is 1370. The number of hydrogen-bond acceptors (Lipinski definition) is 6. The summed E-state index contributed by atoms with van der Waals surface area (Å²) in [5.74, 6) is -0.245. The maximum Gasteiger partial charge on any atom is 0.163 e. The molecule has 1 fully saturated rings. The summed E-state index contributed by atoms with van der Waals surface area (Å²) in [6.07, 6.45) is -4.64. The number of aliphatic hydroxyl groups is 4. The average Bonchev–Trinajstić information content (AvgIpc) is 3.20. The largest absolute Gasteiger partial charge is 0.508 e. The second kappa shape index (κ2) is 8.65. The molecule has 0 bridgehead atoms. The highest BCUT2D eigenvalue weighted by molar-refractivity contribution is 5.88. The van der Waals surface area contributed by atoms with Gasteiger partial charge in [-0.2, -0.15) is 0 Å². The van der Waals surface area contributed by atoms with E-state index in [0.29, 0.717) is 22.9 Å². The lowest BCUT2D eigenvalue weighted by atomic mass is 9.98. The summed E-state index contributed by atoms with van der Waals surface area (Å²) in [6, 6.07) is 13.9. The Morgan fingerprint density at radius 1 is 0.941 bits per heavy atom. The molecule has 8 heteroatoms. The number of hydrogen-bond donors (Lipinski definition) is 5. The van der Waals surface area contributed by atoms with Crippen molar-refractivity contribution in [2.24, 2.45) is 0 Å². The standard InChI is InChI=1S/C26H26FNO6/c1-13-2-7-19(27)21-17(9-14-3-4-16-10-18(30)6-5-15(16)8-14)11-28(22(13)21)26-25(33)24(32)23(31)20(12-29)34-26/h2-8,10-11,20,23-26,29-33H,9,12H2,1H3/t20-,23-,24+,25-,26-/m1/s1. The molecule has 0 radical (unpaired) electrons. The minimum atomic E-state index is -1.54. The van der Waals surface area contributed by atoms with Crippen LogP contribution in [0, 0.1) is 12.7 Å². The summed E-state index contributed by atoms with van der Waals surface area (Å²) in [4.78, 5) is 0. The van der Waals surface area contributed by atoms with Crippen molar-refractivity contribution in [3.8, 4) is 5.75 Å². The van der Waals surface area contributed by atoms with Gasteiger partial charge in [0.1, 0.15) is 36.0 Å². The Morgan fingerprint density at radius 2 is 1.68 bits per heavy atom. The number of fused-ring (bicyclic) bond motifs is 2. The molecule has 34 heavy (non-hydrogen) atoms. The van der Waals surface area contributed by atoms with Gasteiger partial charge in [-0.15, -0.1) is 0 Å². The number of aliphatic hydroxyl groups excluding tert-OH is 4. The van der Waals surface area contributed by atoms with Gasteiger partial charge in [0.15, 0.2) is 6.23 Å². The van der Waals surface area contributed by atoms with E-state index in [1.165, 1.54) is 6.07 Å². The van der Waals surface area contributed by atoms with Crippen molar-refractivity contribution in [1.82, 2.24) is 4.57 Å². The van der Waals surface area contributed by atoms with Crippen molar-refractivity contribution in [2.75, 3.05) is 6.61 Å². The third kappa shape index (κ3) is 3.73. The highest BCUT2D eigenvalue weighted by atomic mass is 19.1. The first kappa shape index (κ1) is 22.8. The van der Waals surface area contributed by atoms with E-state index in [1.54, 1.807) is 29.0 Å². The van der Waals surface area contributed by atoms with Crippen LogP contribution in [0.5, 0.6) is 5.75 Å². The van der Waals surface area contributed by atoms with Gasteiger partial charge < -0.3 is 34.8 Å². The maximum absolute atomic E-state index is 15.1. The Balaban J connectivity index is 1.61. The number of aromatic hydroxyl groups is 1. The molecule has 5 N–H and O–H groups in total. The molecule has 1 aromatic heterocycles. The van der Waals surface area contributed by atoms with E-state index in [0.717, 1.165) is 21.9 Å². The summed E-state index contributed by atoms with van der Waals surface area (Å²) in [7, 11) is 0. The van der Waals surface area contributed by atoms with Crippen LogP contribution in [0.3, 0.4) is 0 Å². The number of nitrogens with zero attached hydrogens (tertiary/aromatic N) is 1. The van der Waals surface area contributed by atoms with E-state index in [-0.39, 0.29) is 5.75 Å². The molecular formula is C26H26FNO6. The molecular weight excluding hydrogens is 441 g/mol. The number of phenols is 1. The van der Waals surface area contributed by atoms with E-state index in [9.17, 15) is 25.5 Å². The van der Waals surface area contributed by atoms with Crippen molar-refractivity contribution < 1.29 is 34.7 Å². The molecule has 5 atom stereocenters. The fourth-order valence-corrected chi connectivity index (χ4v) is 4.86. The fourth-order valence-electron chi connectivity index (χ4n) is 4.86. The van der Waals surface area contributed by atoms with Gasteiger partial charge in [-0.05, 0) is 59.0 Å². The second-order valence-corrected chi connectivity index (χ2v) is 8.91. The summed E-state index contributed by atoms with van der Waals surface area (Å²) < 4.78 is 22.4. The van der Waals surface area contributed by atoms with Crippen LogP contribution in [0.1, 0.15) is 22.9 Å². The third-order valence-electron chi connectivity index (χ3n) is 6.63. The molecule has 7 nitrogen and oxygen atoms in total. The molecule has 0 spiro atoms. The van der Waals surface area contributed by atoms with E-state index in [4.69, 9.17) is 4.74 Å². The summed E-state index contributed by atoms with van der Waals surface area (Å²) >= 11 is 0. The summed E-state index contributed by atoms with van der Waals surface area (Å²) in [5.41, 5.74) is 2.83. The van der Waals surface area contributed by atoms with Gasteiger partial charge in [0.25, 0.3) is 0 Å². The molecule has 1 saturated heterocycles. The van der Waals surface area contributed by atoms with Gasteiger partial charge in [-0.3, -0.25) is 0 Å². The lowest BCUT2D eigenvalue weighted by Crippen LogP contribution is -2.56. The molecule has 1 aliphatic rings. The number of halogens is 1.